The number of hydrogen-bond donors (Lipinski definition) is 0. The minimum atomic E-state index is -5.12. The molecule has 134 valence electrons. The first-order valence-electron chi connectivity index (χ1n) is 8.15. The summed E-state index contributed by atoms with van der Waals surface area (Å²) in [6.07, 6.45) is 3.46. The maximum atomic E-state index is 13.8. The van der Waals surface area contributed by atoms with Crippen molar-refractivity contribution in [1.29, 1.82) is 0 Å². The van der Waals surface area contributed by atoms with Crippen LogP contribution in [0, 0.1) is 17.6 Å². The van der Waals surface area contributed by atoms with E-state index in [0.29, 0.717) is 11.5 Å². The minimum absolute atomic E-state index is 0.0235. The van der Waals surface area contributed by atoms with Gasteiger partial charge in [-0.1, -0.05) is 12.5 Å². The molecule has 0 amide bonds. The normalized spacial score (nSPS) is 21.5. The summed E-state index contributed by atoms with van der Waals surface area (Å²) in [6, 6.07) is 1.93. The number of hydrogen-bond acceptors (Lipinski definition) is 1. The van der Waals surface area contributed by atoms with Gasteiger partial charge in [0.05, 0.1) is 0 Å². The Hall–Kier alpha value is -1.59. The lowest BCUT2D eigenvalue weighted by atomic mass is 9.77. The lowest BCUT2D eigenvalue weighted by molar-refractivity contribution is -0.276. The Morgan fingerprint density at radius 2 is 1.67 bits per heavy atom. The highest BCUT2D eigenvalue weighted by Gasteiger charge is 2.34. The summed E-state index contributed by atoms with van der Waals surface area (Å²) < 4.78 is 67.5. The van der Waals surface area contributed by atoms with Crippen molar-refractivity contribution in [1.82, 2.24) is 0 Å². The molecule has 0 N–H and O–H groups in total. The first-order valence-corrected chi connectivity index (χ1v) is 8.15. The highest BCUT2D eigenvalue weighted by Crippen LogP contribution is 2.40. The zero-order chi connectivity index (χ0) is 17.7. The zero-order valence-corrected chi connectivity index (χ0v) is 13.3. The monoisotopic (exact) mass is 348 g/mol. The summed E-state index contributed by atoms with van der Waals surface area (Å²) in [4.78, 5) is 0. The molecule has 1 saturated carbocycles. The number of alkyl halides is 3. The third-order valence-electron chi connectivity index (χ3n) is 4.58. The van der Waals surface area contributed by atoms with Crippen LogP contribution < -0.4 is 4.74 Å². The molecule has 24 heavy (non-hydrogen) atoms. The Morgan fingerprint density at radius 3 is 2.17 bits per heavy atom. The Balaban J connectivity index is 2.00. The average molecular weight is 348 g/mol. The van der Waals surface area contributed by atoms with Crippen LogP contribution in [0.5, 0.6) is 5.75 Å². The molecule has 0 aromatic heterocycles. The van der Waals surface area contributed by atoms with Gasteiger partial charge in [0.2, 0.25) is 5.75 Å². The summed E-state index contributed by atoms with van der Waals surface area (Å²) in [5, 5.41) is 0. The second-order valence-corrected chi connectivity index (χ2v) is 6.30. The summed E-state index contributed by atoms with van der Waals surface area (Å²) in [5.74, 6) is -3.43. The molecule has 0 saturated heterocycles. The van der Waals surface area contributed by atoms with Crippen molar-refractivity contribution in [3.63, 3.8) is 0 Å². The van der Waals surface area contributed by atoms with E-state index >= 15 is 0 Å². The predicted molar refractivity (Wildman–Crippen MR) is 81.8 cm³/mol. The molecule has 2 rings (SSSR count). The van der Waals surface area contributed by atoms with Crippen LogP contribution in [0.1, 0.15) is 56.4 Å². The smallest absolute Gasteiger partial charge is 0.399 e. The van der Waals surface area contributed by atoms with Crippen LogP contribution in [0.2, 0.25) is 0 Å². The Labute approximate surface area is 138 Å². The number of rotatable bonds is 6. The van der Waals surface area contributed by atoms with E-state index in [1.807, 2.05) is 6.08 Å². The second-order valence-electron chi connectivity index (χ2n) is 6.30. The van der Waals surface area contributed by atoms with E-state index in [4.69, 9.17) is 0 Å². The van der Waals surface area contributed by atoms with Gasteiger partial charge in [-0.2, -0.15) is 0 Å². The molecule has 1 aliphatic rings. The molecule has 0 bridgehead atoms. The third kappa shape index (κ3) is 5.21. The van der Waals surface area contributed by atoms with Crippen LogP contribution >= 0.6 is 0 Å². The molecule has 1 nitrogen and oxygen atoms in total. The molecule has 0 radical (unpaired) electrons. The molecule has 1 aromatic rings. The van der Waals surface area contributed by atoms with Crippen molar-refractivity contribution in [2.45, 2.75) is 57.2 Å². The first-order chi connectivity index (χ1) is 11.3. The van der Waals surface area contributed by atoms with Crippen molar-refractivity contribution in [3.05, 3.63) is 42.0 Å². The summed E-state index contributed by atoms with van der Waals surface area (Å²) >= 11 is 0. The fourth-order valence-corrected chi connectivity index (χ4v) is 3.36. The van der Waals surface area contributed by atoms with E-state index in [9.17, 15) is 22.0 Å². The fraction of sp³-hybridized carbons (Fsp3) is 0.556. The highest BCUT2D eigenvalue weighted by molar-refractivity contribution is 5.33. The topological polar surface area (TPSA) is 9.23 Å². The number of ether oxygens (including phenoxy) is 1. The summed E-state index contributed by atoms with van der Waals surface area (Å²) in [5.41, 5.74) is 0.407. The van der Waals surface area contributed by atoms with Crippen molar-refractivity contribution in [2.24, 2.45) is 5.92 Å². The van der Waals surface area contributed by atoms with E-state index in [1.54, 1.807) is 0 Å². The molecule has 0 aliphatic heterocycles. The molecular formula is C18H21F5O. The van der Waals surface area contributed by atoms with Crippen LogP contribution in [0.3, 0.4) is 0 Å². The summed E-state index contributed by atoms with van der Waals surface area (Å²) in [7, 11) is 0. The van der Waals surface area contributed by atoms with Crippen molar-refractivity contribution >= 4 is 0 Å². The zero-order valence-electron chi connectivity index (χ0n) is 13.3. The second kappa shape index (κ2) is 7.99. The van der Waals surface area contributed by atoms with Gasteiger partial charge in [-0.25, -0.2) is 8.78 Å². The molecule has 0 heterocycles. The molecular weight excluding hydrogens is 327 g/mol. The largest absolute Gasteiger partial charge is 0.573 e. The van der Waals surface area contributed by atoms with Gasteiger partial charge < -0.3 is 4.74 Å². The van der Waals surface area contributed by atoms with Crippen LogP contribution in [0.25, 0.3) is 0 Å². The molecule has 0 unspecified atom stereocenters. The van der Waals surface area contributed by atoms with E-state index < -0.39 is 23.7 Å². The van der Waals surface area contributed by atoms with Gasteiger partial charge >= 0.3 is 6.36 Å². The first kappa shape index (κ1) is 18.7. The Kier molecular flexibility index (Phi) is 6.24. The quantitative estimate of drug-likeness (QED) is 0.324. The van der Waals surface area contributed by atoms with Crippen LogP contribution in [0.4, 0.5) is 22.0 Å². The van der Waals surface area contributed by atoms with Crippen molar-refractivity contribution < 1.29 is 26.7 Å². The van der Waals surface area contributed by atoms with Crippen molar-refractivity contribution in [2.75, 3.05) is 0 Å². The van der Waals surface area contributed by atoms with Gasteiger partial charge in [0, 0.05) is 0 Å². The van der Waals surface area contributed by atoms with Gasteiger partial charge in [-0.15, -0.1) is 19.8 Å². The molecule has 1 aromatic carbocycles. The molecule has 1 fully saturated rings. The number of halogens is 5. The van der Waals surface area contributed by atoms with Crippen LogP contribution in [-0.4, -0.2) is 6.36 Å². The van der Waals surface area contributed by atoms with Gasteiger partial charge in [-0.3, -0.25) is 0 Å². The van der Waals surface area contributed by atoms with E-state index in [-0.39, 0.29) is 5.92 Å². The molecule has 0 atom stereocenters. The van der Waals surface area contributed by atoms with E-state index in [0.717, 1.165) is 57.1 Å². The lowest BCUT2D eigenvalue weighted by Gasteiger charge is -2.29. The Morgan fingerprint density at radius 1 is 1.08 bits per heavy atom. The maximum absolute atomic E-state index is 13.8. The van der Waals surface area contributed by atoms with Gasteiger partial charge in [0.25, 0.3) is 0 Å². The average Bonchev–Trinajstić information content (AvgIpc) is 2.51. The lowest BCUT2D eigenvalue weighted by Crippen LogP contribution is -2.19. The summed E-state index contributed by atoms with van der Waals surface area (Å²) in [6.45, 7) is 3.69. The standard InChI is InChI=1S/C18H21F5O/c1-2-3-4-5-12-6-8-13(9-7-12)14-10-15(19)17(16(20)11-14)24-18(21,22)23/h2,10-13H,1,3-9H2/t12-,13-. The number of unbranched alkanes of at least 4 members (excludes halogenated alkanes) is 1. The number of benzene rings is 1. The maximum Gasteiger partial charge on any atom is 0.573 e. The van der Waals surface area contributed by atoms with Crippen molar-refractivity contribution in [3.8, 4) is 5.75 Å². The molecule has 1 aliphatic carbocycles. The van der Waals surface area contributed by atoms with E-state index in [2.05, 4.69) is 11.3 Å². The minimum Gasteiger partial charge on any atom is -0.399 e. The van der Waals surface area contributed by atoms with E-state index in [1.165, 1.54) is 0 Å². The fourth-order valence-electron chi connectivity index (χ4n) is 3.36. The highest BCUT2D eigenvalue weighted by atomic mass is 19.4. The SMILES string of the molecule is C=CCCC[C@H]1CC[C@H](c2cc(F)c(OC(F)(F)F)c(F)c2)CC1. The van der Waals surface area contributed by atoms with Crippen LogP contribution in [0.15, 0.2) is 24.8 Å². The Bertz CT molecular complexity index is 536. The predicted octanol–water partition coefficient (Wildman–Crippen LogP) is 6.49. The van der Waals surface area contributed by atoms with Gasteiger partial charge in [0.1, 0.15) is 0 Å². The molecule has 6 heteroatoms. The third-order valence-corrected chi connectivity index (χ3v) is 4.58. The van der Waals surface area contributed by atoms with Crippen LogP contribution in [-0.2, 0) is 0 Å². The molecule has 0 spiro atoms. The van der Waals surface area contributed by atoms with Gasteiger partial charge in [0.15, 0.2) is 11.6 Å². The number of allylic oxidation sites excluding steroid dienone is 1. The van der Waals surface area contributed by atoms with Gasteiger partial charge in [-0.05, 0) is 68.1 Å².